The number of hydrogen-bond acceptors (Lipinski definition) is 6. The van der Waals surface area contributed by atoms with Gasteiger partial charge >= 0.3 is 252 Å². The van der Waals surface area contributed by atoms with E-state index in [1.54, 1.807) is 64.2 Å². The molecule has 2 aromatic carbocycles. The topological polar surface area (TPSA) is 71.1 Å². The summed E-state index contributed by atoms with van der Waals surface area (Å²) in [6.07, 6.45) is 7.86. The summed E-state index contributed by atoms with van der Waals surface area (Å²) in [6.45, 7) is 7.17. The zero-order valence-electron chi connectivity index (χ0n) is 24.2. The Morgan fingerprint density at radius 3 is 1.42 bits per heavy atom. The van der Waals surface area contributed by atoms with Crippen LogP contribution in [0.4, 0.5) is 27.2 Å². The van der Waals surface area contributed by atoms with Gasteiger partial charge in [-0.05, 0) is 0 Å². The fourth-order valence-corrected chi connectivity index (χ4v) is 13.3. The number of allylic oxidation sites excluding steroid dienone is 8. The van der Waals surface area contributed by atoms with Gasteiger partial charge in [-0.3, -0.25) is 0 Å². The Hall–Kier alpha value is -3.63. The summed E-state index contributed by atoms with van der Waals surface area (Å²) >= 11 is -5.25. The zero-order valence-corrected chi connectivity index (χ0v) is 25.8. The molecule has 0 fully saturated rings. The second kappa shape index (κ2) is 13.8. The molecule has 0 atom stereocenters. The Labute approximate surface area is 251 Å². The van der Waals surface area contributed by atoms with Crippen molar-refractivity contribution in [2.24, 2.45) is 11.8 Å². The molecule has 0 radical (unpaired) electrons. The number of halogens is 4. The van der Waals surface area contributed by atoms with E-state index in [9.17, 15) is 9.59 Å². The van der Waals surface area contributed by atoms with Gasteiger partial charge in [-0.1, -0.05) is 0 Å². The average molecular weight is 636 g/mol. The molecule has 0 bridgehead atoms. The Balaban J connectivity index is 1.96. The molecule has 6 nitrogen and oxygen atoms in total. The molecule has 0 spiro atoms. The first-order valence-electron chi connectivity index (χ1n) is 13.8. The molecule has 2 aliphatic rings. The van der Waals surface area contributed by atoms with Gasteiger partial charge in [-0.2, -0.15) is 0 Å². The van der Waals surface area contributed by atoms with Crippen LogP contribution in [0.15, 0.2) is 68.5 Å². The van der Waals surface area contributed by atoms with Crippen molar-refractivity contribution in [3.8, 4) is 11.5 Å². The molecule has 228 valence electrons. The molecular weight excluding hydrogens is 604 g/mol. The number of carbonyl (C=O) groups is 2. The van der Waals surface area contributed by atoms with E-state index in [4.69, 9.17) is 18.9 Å². The third-order valence-corrected chi connectivity index (χ3v) is 14.8. The molecular formula is C32H32F4O6Ti. The van der Waals surface area contributed by atoms with Crippen LogP contribution in [0.3, 0.4) is 0 Å². The van der Waals surface area contributed by atoms with E-state index in [0.717, 1.165) is 24.3 Å². The molecule has 0 aromatic heterocycles. The van der Waals surface area contributed by atoms with Crippen LogP contribution in [0.2, 0.25) is 0 Å². The maximum absolute atomic E-state index is 16.6. The van der Waals surface area contributed by atoms with Crippen molar-refractivity contribution in [1.82, 2.24) is 0 Å². The second-order valence-corrected chi connectivity index (χ2v) is 16.9. The summed E-state index contributed by atoms with van der Waals surface area (Å²) in [7, 11) is 0. The Morgan fingerprint density at radius 2 is 1.09 bits per heavy atom. The molecule has 11 heteroatoms. The molecule has 0 aliphatic heterocycles. The standard InChI is InChI=1S/2C11H11F2O3.2C5H5.Ti/c2*1-7(2)6-15-11(14)16-10-4-3-8(12)5-9(10)13;2*1-2-4-5-3-1;/h2*3-4,7H,6H2,1-2H3;2*1-3H,4H2;. The third-order valence-electron chi connectivity index (χ3n) is 6.82. The van der Waals surface area contributed by atoms with Crippen molar-refractivity contribution in [3.05, 3.63) is 91.7 Å². The Morgan fingerprint density at radius 1 is 0.698 bits per heavy atom. The van der Waals surface area contributed by atoms with Gasteiger partial charge in [0.05, 0.1) is 0 Å². The minimum atomic E-state index is -5.25. The van der Waals surface area contributed by atoms with Crippen LogP contribution in [0.1, 0.15) is 40.5 Å². The number of ether oxygens (including phenoxy) is 4. The molecule has 0 heterocycles. The van der Waals surface area contributed by atoms with Gasteiger partial charge in [0.15, 0.2) is 0 Å². The van der Waals surface area contributed by atoms with Crippen molar-refractivity contribution in [1.29, 1.82) is 0 Å². The molecule has 0 saturated carbocycles. The summed E-state index contributed by atoms with van der Waals surface area (Å²) < 4.78 is 85.1. The summed E-state index contributed by atoms with van der Waals surface area (Å²) in [4.78, 5) is 24.7. The number of rotatable bonds is 10. The van der Waals surface area contributed by atoms with Crippen molar-refractivity contribution in [2.45, 2.75) is 40.5 Å². The van der Waals surface area contributed by atoms with Gasteiger partial charge in [0.25, 0.3) is 0 Å². The van der Waals surface area contributed by atoms with Gasteiger partial charge in [0, 0.05) is 0 Å². The van der Waals surface area contributed by atoms with Gasteiger partial charge in [0.2, 0.25) is 0 Å². The molecule has 4 rings (SSSR count). The van der Waals surface area contributed by atoms with E-state index in [1.807, 2.05) is 0 Å². The first-order chi connectivity index (χ1) is 20.5. The van der Waals surface area contributed by atoms with E-state index >= 15 is 17.6 Å². The fourth-order valence-electron chi connectivity index (χ4n) is 5.04. The third kappa shape index (κ3) is 6.81. The Bertz CT molecular complexity index is 1410. The average Bonchev–Trinajstić information content (AvgIpc) is 3.69. The van der Waals surface area contributed by atoms with E-state index in [-0.39, 0.29) is 37.9 Å². The predicted molar refractivity (Wildman–Crippen MR) is 149 cm³/mol. The van der Waals surface area contributed by atoms with Crippen molar-refractivity contribution in [3.63, 3.8) is 0 Å². The molecule has 43 heavy (non-hydrogen) atoms. The van der Waals surface area contributed by atoms with E-state index in [0.29, 0.717) is 7.76 Å². The fraction of sp³-hybridized carbons (Fsp3) is 0.312. The van der Waals surface area contributed by atoms with Crippen LogP contribution in [0, 0.1) is 35.1 Å². The summed E-state index contributed by atoms with van der Waals surface area (Å²) in [5, 5.41) is 0. The summed E-state index contributed by atoms with van der Waals surface area (Å²) in [5.41, 5.74) is 0. The first kappa shape index (κ1) is 32.3. The Kier molecular flexibility index (Phi) is 10.3. The number of benzene rings is 2. The normalized spacial score (nSPS) is 14.3. The summed E-state index contributed by atoms with van der Waals surface area (Å²) in [6, 6.07) is 3.65. The SMILES string of the molecule is CC(C)COC(=O)Oc1ccc(F)[c]([Ti]([C]2=CC=CC2)([C]2=CC=CC2)[c]2c(F)ccc(OC(=O)OCC(C)C)c2F)c1F. The molecule has 0 unspecified atom stereocenters. The van der Waals surface area contributed by atoms with E-state index < -0.39 is 71.4 Å². The molecule has 0 N–H and O–H groups in total. The summed E-state index contributed by atoms with van der Waals surface area (Å²) in [5.74, 6) is -6.05. The van der Waals surface area contributed by atoms with Gasteiger partial charge in [-0.25, -0.2) is 0 Å². The van der Waals surface area contributed by atoms with Crippen molar-refractivity contribution >= 4 is 20.0 Å². The van der Waals surface area contributed by atoms with E-state index in [2.05, 4.69) is 0 Å². The van der Waals surface area contributed by atoms with Crippen LogP contribution in [0.25, 0.3) is 0 Å². The van der Waals surface area contributed by atoms with Crippen LogP contribution in [-0.2, 0) is 26.1 Å². The quantitative estimate of drug-likeness (QED) is 0.117. The van der Waals surface area contributed by atoms with E-state index in [1.165, 1.54) is 0 Å². The maximum atomic E-state index is 16.6. The van der Waals surface area contributed by atoms with Crippen molar-refractivity contribution < 1.29 is 62.7 Å². The van der Waals surface area contributed by atoms with Gasteiger partial charge in [-0.15, -0.1) is 0 Å². The predicted octanol–water partition coefficient (Wildman–Crippen LogP) is 7.38. The molecule has 0 amide bonds. The molecule has 2 aromatic rings. The van der Waals surface area contributed by atoms with Crippen LogP contribution in [-0.4, -0.2) is 25.5 Å². The van der Waals surface area contributed by atoms with Gasteiger partial charge in [0.1, 0.15) is 0 Å². The monoisotopic (exact) mass is 636 g/mol. The number of carbonyl (C=O) groups excluding carboxylic acids is 2. The zero-order chi connectivity index (χ0) is 31.3. The first-order valence-corrected chi connectivity index (χ1v) is 17.0. The van der Waals surface area contributed by atoms with Crippen LogP contribution < -0.4 is 17.2 Å². The van der Waals surface area contributed by atoms with Gasteiger partial charge < -0.3 is 0 Å². The minimum absolute atomic E-state index is 0.00379. The molecule has 2 aliphatic carbocycles. The van der Waals surface area contributed by atoms with Crippen LogP contribution >= 0.6 is 0 Å². The second-order valence-electron chi connectivity index (χ2n) is 11.0. The van der Waals surface area contributed by atoms with Crippen molar-refractivity contribution in [2.75, 3.05) is 13.2 Å². The number of hydrogen-bond donors (Lipinski definition) is 0. The van der Waals surface area contributed by atoms with Crippen LogP contribution in [0.5, 0.6) is 11.5 Å². The molecule has 0 saturated heterocycles.